The van der Waals surface area contributed by atoms with E-state index in [2.05, 4.69) is 10.2 Å². The Kier molecular flexibility index (Phi) is 3.87. The van der Waals surface area contributed by atoms with Gasteiger partial charge in [0.25, 0.3) is 0 Å². The molecule has 2 heterocycles. The lowest BCUT2D eigenvalue weighted by Gasteiger charge is -2.09. The number of aromatic nitrogens is 3. The maximum atomic E-state index is 6.11. The van der Waals surface area contributed by atoms with Crippen molar-refractivity contribution in [1.29, 1.82) is 0 Å². The molecule has 118 valence electrons. The Hall–Kier alpha value is -1.43. The first kappa shape index (κ1) is 15.1. The first-order valence-corrected chi connectivity index (χ1v) is 8.94. The number of hydrogen-bond acceptors (Lipinski definition) is 4. The Morgan fingerprint density at radius 3 is 2.61 bits per heavy atom. The van der Waals surface area contributed by atoms with Gasteiger partial charge in [-0.2, -0.15) is 0 Å². The van der Waals surface area contributed by atoms with E-state index in [9.17, 15) is 0 Å². The van der Waals surface area contributed by atoms with Crippen LogP contribution in [0.4, 0.5) is 0 Å². The van der Waals surface area contributed by atoms with Gasteiger partial charge in [0.2, 0.25) is 5.82 Å². The highest BCUT2D eigenvalue weighted by molar-refractivity contribution is 7.99. The SMILES string of the molecule is ClC1(Cl)C[C@H]1CSc1nnc(-c2ccco2)n1-c1ccccc1. The number of alkyl halides is 2. The lowest BCUT2D eigenvalue weighted by Crippen LogP contribution is -2.00. The largest absolute Gasteiger partial charge is 0.461 e. The van der Waals surface area contributed by atoms with E-state index in [-0.39, 0.29) is 0 Å². The normalized spacial score (nSPS) is 19.0. The number of furan rings is 1. The van der Waals surface area contributed by atoms with E-state index in [1.165, 1.54) is 0 Å². The van der Waals surface area contributed by atoms with E-state index < -0.39 is 4.33 Å². The molecule has 0 unspecified atom stereocenters. The summed E-state index contributed by atoms with van der Waals surface area (Å²) in [6.45, 7) is 0. The van der Waals surface area contributed by atoms with Crippen LogP contribution in [0, 0.1) is 5.92 Å². The Balaban J connectivity index is 1.69. The Morgan fingerprint density at radius 1 is 1.17 bits per heavy atom. The summed E-state index contributed by atoms with van der Waals surface area (Å²) in [6, 6.07) is 13.7. The maximum Gasteiger partial charge on any atom is 0.205 e. The summed E-state index contributed by atoms with van der Waals surface area (Å²) in [7, 11) is 0. The quantitative estimate of drug-likeness (QED) is 0.480. The summed E-state index contributed by atoms with van der Waals surface area (Å²) >= 11 is 13.8. The van der Waals surface area contributed by atoms with Crippen LogP contribution in [-0.4, -0.2) is 24.9 Å². The predicted octanol–water partition coefficient (Wildman–Crippen LogP) is 4.81. The van der Waals surface area contributed by atoms with Crippen LogP contribution in [0.1, 0.15) is 6.42 Å². The standard InChI is InChI=1S/C16H13Cl2N3OS/c17-16(18)9-11(16)10-23-15-20-19-14(13-7-4-8-22-13)21(15)12-5-2-1-3-6-12/h1-8,11H,9-10H2/t11-/m0/s1. The molecular weight excluding hydrogens is 353 g/mol. The van der Waals surface area contributed by atoms with Crippen LogP contribution in [-0.2, 0) is 0 Å². The third-order valence-electron chi connectivity index (χ3n) is 3.76. The third-order valence-corrected chi connectivity index (χ3v) is 5.78. The lowest BCUT2D eigenvalue weighted by atomic mass is 10.3. The third kappa shape index (κ3) is 3.01. The van der Waals surface area contributed by atoms with E-state index in [1.54, 1.807) is 18.0 Å². The van der Waals surface area contributed by atoms with Gasteiger partial charge in [-0.1, -0.05) is 30.0 Å². The fourth-order valence-electron chi connectivity index (χ4n) is 2.36. The monoisotopic (exact) mass is 365 g/mol. The highest BCUT2D eigenvalue weighted by atomic mass is 35.5. The van der Waals surface area contributed by atoms with E-state index in [0.717, 1.165) is 23.0 Å². The molecule has 7 heteroatoms. The number of thioether (sulfide) groups is 1. The van der Waals surface area contributed by atoms with Gasteiger partial charge in [0.15, 0.2) is 10.9 Å². The van der Waals surface area contributed by atoms with E-state index in [1.807, 2.05) is 47.0 Å². The van der Waals surface area contributed by atoms with Crippen LogP contribution < -0.4 is 0 Å². The fourth-order valence-corrected chi connectivity index (χ4v) is 4.25. The molecule has 0 bridgehead atoms. The van der Waals surface area contributed by atoms with Gasteiger partial charge in [0.05, 0.1) is 6.26 Å². The molecule has 2 aromatic heterocycles. The number of halogens is 2. The molecule has 1 fully saturated rings. The number of rotatable bonds is 5. The van der Waals surface area contributed by atoms with Gasteiger partial charge in [0.1, 0.15) is 4.33 Å². The molecule has 1 atom stereocenters. The van der Waals surface area contributed by atoms with Gasteiger partial charge in [-0.05, 0) is 30.7 Å². The first-order chi connectivity index (χ1) is 11.1. The Labute approximate surface area is 147 Å². The van der Waals surface area contributed by atoms with Crippen LogP contribution in [0.15, 0.2) is 58.3 Å². The second kappa shape index (κ2) is 5.89. The number of benzene rings is 1. The smallest absolute Gasteiger partial charge is 0.205 e. The average Bonchev–Trinajstić information content (AvgIpc) is 2.98. The van der Waals surface area contributed by atoms with Crippen molar-refractivity contribution in [2.24, 2.45) is 5.92 Å². The van der Waals surface area contributed by atoms with Gasteiger partial charge < -0.3 is 4.42 Å². The second-order valence-electron chi connectivity index (χ2n) is 5.43. The Bertz CT molecular complexity index is 802. The van der Waals surface area contributed by atoms with E-state index >= 15 is 0 Å². The second-order valence-corrected chi connectivity index (χ2v) is 7.96. The first-order valence-electron chi connectivity index (χ1n) is 7.20. The summed E-state index contributed by atoms with van der Waals surface area (Å²) in [5, 5.41) is 9.43. The van der Waals surface area contributed by atoms with Crippen molar-refractivity contribution in [3.05, 3.63) is 48.7 Å². The molecular formula is C16H13Cl2N3OS. The molecule has 1 aromatic carbocycles. The molecule has 1 aliphatic carbocycles. The Morgan fingerprint density at radius 2 is 1.96 bits per heavy atom. The molecule has 1 saturated carbocycles. The van der Waals surface area contributed by atoms with Crippen LogP contribution in [0.2, 0.25) is 0 Å². The number of nitrogens with zero attached hydrogens (tertiary/aromatic N) is 3. The molecule has 0 spiro atoms. The molecule has 23 heavy (non-hydrogen) atoms. The molecule has 0 aliphatic heterocycles. The zero-order chi connectivity index (χ0) is 15.9. The lowest BCUT2D eigenvalue weighted by molar-refractivity contribution is 0.575. The summed E-state index contributed by atoms with van der Waals surface area (Å²) in [5.41, 5.74) is 0.991. The summed E-state index contributed by atoms with van der Waals surface area (Å²) in [6.07, 6.45) is 2.46. The number of para-hydroxylation sites is 1. The van der Waals surface area contributed by atoms with Crippen LogP contribution >= 0.6 is 35.0 Å². The minimum atomic E-state index is -0.575. The molecule has 0 N–H and O–H groups in total. The van der Waals surface area contributed by atoms with Crippen LogP contribution in [0.25, 0.3) is 17.3 Å². The van der Waals surface area contributed by atoms with Crippen molar-refractivity contribution in [3.63, 3.8) is 0 Å². The van der Waals surface area contributed by atoms with Crippen molar-refractivity contribution in [2.45, 2.75) is 15.9 Å². The van der Waals surface area contributed by atoms with Crippen LogP contribution in [0.3, 0.4) is 0 Å². The van der Waals surface area contributed by atoms with Gasteiger partial charge in [-0.3, -0.25) is 4.57 Å². The molecule has 0 radical (unpaired) electrons. The summed E-state index contributed by atoms with van der Waals surface area (Å²) < 4.78 is 6.91. The molecule has 1 aliphatic rings. The zero-order valence-corrected chi connectivity index (χ0v) is 14.4. The van der Waals surface area contributed by atoms with Crippen molar-refractivity contribution in [2.75, 3.05) is 5.75 Å². The van der Waals surface area contributed by atoms with Crippen molar-refractivity contribution in [1.82, 2.24) is 14.8 Å². The zero-order valence-electron chi connectivity index (χ0n) is 12.0. The highest BCUT2D eigenvalue weighted by Crippen LogP contribution is 2.54. The predicted molar refractivity (Wildman–Crippen MR) is 92.3 cm³/mol. The average molecular weight is 366 g/mol. The van der Waals surface area contributed by atoms with Crippen molar-refractivity contribution < 1.29 is 4.42 Å². The van der Waals surface area contributed by atoms with Gasteiger partial charge in [0, 0.05) is 17.4 Å². The molecule has 3 aromatic rings. The summed E-state index contributed by atoms with van der Waals surface area (Å²) in [4.78, 5) is 0. The molecule has 0 amide bonds. The van der Waals surface area contributed by atoms with Gasteiger partial charge in [-0.15, -0.1) is 33.4 Å². The maximum absolute atomic E-state index is 6.11. The van der Waals surface area contributed by atoms with Crippen molar-refractivity contribution >= 4 is 35.0 Å². The molecule has 4 nitrogen and oxygen atoms in total. The van der Waals surface area contributed by atoms with Crippen LogP contribution in [0.5, 0.6) is 0 Å². The minimum Gasteiger partial charge on any atom is -0.461 e. The van der Waals surface area contributed by atoms with E-state index in [0.29, 0.717) is 17.5 Å². The summed E-state index contributed by atoms with van der Waals surface area (Å²) in [5.74, 6) is 2.48. The highest BCUT2D eigenvalue weighted by Gasteiger charge is 2.51. The van der Waals surface area contributed by atoms with Gasteiger partial charge in [-0.25, -0.2) is 0 Å². The number of hydrogen-bond donors (Lipinski definition) is 0. The molecule has 4 rings (SSSR count). The van der Waals surface area contributed by atoms with E-state index in [4.69, 9.17) is 27.6 Å². The van der Waals surface area contributed by atoms with Crippen molar-refractivity contribution in [3.8, 4) is 17.3 Å². The molecule has 0 saturated heterocycles. The topological polar surface area (TPSA) is 43.9 Å². The fraction of sp³-hybridized carbons (Fsp3) is 0.250. The van der Waals surface area contributed by atoms with Gasteiger partial charge >= 0.3 is 0 Å². The minimum absolute atomic E-state index is 0.295.